The highest BCUT2D eigenvalue weighted by molar-refractivity contribution is 14.1. The van der Waals surface area contributed by atoms with Crippen molar-refractivity contribution < 1.29 is 4.79 Å². The Labute approximate surface area is 129 Å². The first-order valence-electron chi connectivity index (χ1n) is 5.42. The highest BCUT2D eigenvalue weighted by Crippen LogP contribution is 2.19. The number of benzene rings is 1. The van der Waals surface area contributed by atoms with Gasteiger partial charge in [-0.15, -0.1) is 0 Å². The summed E-state index contributed by atoms with van der Waals surface area (Å²) >= 11 is 11.6. The third-order valence-corrected chi connectivity index (χ3v) is 5.05. The zero-order valence-corrected chi connectivity index (χ0v) is 14.0. The fourth-order valence-electron chi connectivity index (χ4n) is 1.29. The van der Waals surface area contributed by atoms with Crippen LogP contribution in [0.4, 0.5) is 0 Å². The summed E-state index contributed by atoms with van der Waals surface area (Å²) in [7, 11) is 0. The summed E-state index contributed by atoms with van der Waals surface area (Å²) in [5.41, 5.74) is 0.609. The number of carbonyl (C=O) groups excluding carboxylic acids is 1. The molecule has 1 N–H and O–H groups in total. The molecule has 0 saturated heterocycles. The molecule has 2 nitrogen and oxygen atoms in total. The van der Waals surface area contributed by atoms with Crippen LogP contribution in [-0.4, -0.2) is 17.3 Å². The molecule has 94 valence electrons. The molecule has 1 rings (SSSR count). The molecule has 0 aliphatic heterocycles. The van der Waals surface area contributed by atoms with E-state index >= 15 is 0 Å². The van der Waals surface area contributed by atoms with Crippen LogP contribution in [0.2, 0.25) is 5.02 Å². The van der Waals surface area contributed by atoms with Crippen molar-refractivity contribution in [1.29, 1.82) is 0 Å². The zero-order chi connectivity index (χ0) is 12.8. The van der Waals surface area contributed by atoms with E-state index in [4.69, 9.17) is 11.6 Å². The molecule has 0 aliphatic rings. The Kier molecular flexibility index (Phi) is 6.80. The van der Waals surface area contributed by atoms with Gasteiger partial charge >= 0.3 is 0 Å². The molecule has 0 heterocycles. The van der Waals surface area contributed by atoms with Crippen molar-refractivity contribution >= 4 is 56.0 Å². The minimum Gasteiger partial charge on any atom is -0.352 e. The summed E-state index contributed by atoms with van der Waals surface area (Å²) in [6.45, 7) is 2.78. The first kappa shape index (κ1) is 15.2. The number of rotatable bonds is 5. The van der Waals surface area contributed by atoms with Gasteiger partial charge in [-0.25, -0.2) is 0 Å². The average molecular weight is 431 g/mol. The largest absolute Gasteiger partial charge is 0.352 e. The van der Waals surface area contributed by atoms with Crippen LogP contribution in [0.5, 0.6) is 0 Å². The second-order valence-electron chi connectivity index (χ2n) is 3.68. The molecule has 17 heavy (non-hydrogen) atoms. The molecule has 1 amide bonds. The number of halogens is 3. The minimum atomic E-state index is -0.0703. The van der Waals surface area contributed by atoms with Crippen LogP contribution in [0.1, 0.15) is 30.1 Å². The van der Waals surface area contributed by atoms with E-state index in [1.807, 2.05) is 6.07 Å². The van der Waals surface area contributed by atoms with E-state index in [0.29, 0.717) is 22.0 Å². The Morgan fingerprint density at radius 1 is 1.59 bits per heavy atom. The van der Waals surface area contributed by atoms with Crippen molar-refractivity contribution in [2.45, 2.75) is 24.6 Å². The second-order valence-corrected chi connectivity index (χ2v) is 6.54. The van der Waals surface area contributed by atoms with Gasteiger partial charge in [0.2, 0.25) is 0 Å². The van der Waals surface area contributed by atoms with Gasteiger partial charge in [0.05, 0.1) is 5.02 Å². The fourth-order valence-corrected chi connectivity index (χ4v) is 2.03. The van der Waals surface area contributed by atoms with Crippen molar-refractivity contribution in [3.05, 3.63) is 32.4 Å². The maximum atomic E-state index is 11.8. The molecule has 1 aromatic rings. The van der Waals surface area contributed by atoms with E-state index in [0.717, 1.165) is 16.4 Å². The molecule has 0 bridgehead atoms. The van der Waals surface area contributed by atoms with Gasteiger partial charge in [-0.05, 0) is 53.6 Å². The number of nitrogens with one attached hydrogen (secondary N) is 1. The van der Waals surface area contributed by atoms with Crippen LogP contribution in [0.3, 0.4) is 0 Å². The molecule has 0 aromatic heterocycles. The van der Waals surface area contributed by atoms with Crippen LogP contribution in [0.15, 0.2) is 18.2 Å². The van der Waals surface area contributed by atoms with E-state index in [-0.39, 0.29) is 5.91 Å². The molecular weight excluding hydrogens is 416 g/mol. The molecule has 1 unspecified atom stereocenters. The number of amides is 1. The number of alkyl halides is 1. The normalized spacial score (nSPS) is 12.2. The lowest BCUT2D eigenvalue weighted by atomic mass is 10.2. The van der Waals surface area contributed by atoms with Gasteiger partial charge in [-0.1, -0.05) is 34.5 Å². The summed E-state index contributed by atoms with van der Waals surface area (Å²) in [6.07, 6.45) is 1.99. The van der Waals surface area contributed by atoms with Crippen LogP contribution < -0.4 is 5.32 Å². The predicted molar refractivity (Wildman–Crippen MR) is 84.1 cm³/mol. The van der Waals surface area contributed by atoms with Crippen LogP contribution in [0.25, 0.3) is 0 Å². The molecule has 0 spiro atoms. The molecule has 1 aromatic carbocycles. The van der Waals surface area contributed by atoms with Crippen molar-refractivity contribution in [3.63, 3.8) is 0 Å². The Balaban J connectivity index is 2.50. The minimum absolute atomic E-state index is 0.0703. The first-order valence-corrected chi connectivity index (χ1v) is 7.79. The number of hydrogen-bond acceptors (Lipinski definition) is 1. The van der Waals surface area contributed by atoms with Gasteiger partial charge in [0.1, 0.15) is 0 Å². The third-order valence-electron chi connectivity index (χ3n) is 2.37. The number of hydrogen-bond donors (Lipinski definition) is 1. The van der Waals surface area contributed by atoms with Crippen molar-refractivity contribution in [1.82, 2.24) is 5.32 Å². The average Bonchev–Trinajstić information content (AvgIpc) is 2.32. The summed E-state index contributed by atoms with van der Waals surface area (Å²) in [5.74, 6) is -0.0703. The maximum absolute atomic E-state index is 11.8. The third kappa shape index (κ3) is 5.14. The lowest BCUT2D eigenvalue weighted by Gasteiger charge is -2.08. The summed E-state index contributed by atoms with van der Waals surface area (Å²) in [5, 5.41) is 3.50. The van der Waals surface area contributed by atoms with E-state index in [9.17, 15) is 4.79 Å². The van der Waals surface area contributed by atoms with E-state index in [1.54, 1.807) is 12.1 Å². The zero-order valence-electron chi connectivity index (χ0n) is 9.47. The van der Waals surface area contributed by atoms with Crippen LogP contribution in [0, 0.1) is 3.57 Å². The highest BCUT2D eigenvalue weighted by Gasteiger charge is 2.08. The molecule has 0 fully saturated rings. The van der Waals surface area contributed by atoms with Crippen molar-refractivity contribution in [2.75, 3.05) is 6.54 Å². The van der Waals surface area contributed by atoms with Gasteiger partial charge in [-0.2, -0.15) is 0 Å². The van der Waals surface area contributed by atoms with Gasteiger partial charge in [0, 0.05) is 20.5 Å². The maximum Gasteiger partial charge on any atom is 0.251 e. The van der Waals surface area contributed by atoms with Gasteiger partial charge in [-0.3, -0.25) is 4.79 Å². The monoisotopic (exact) mass is 429 g/mol. The topological polar surface area (TPSA) is 29.1 Å². The molecule has 5 heteroatoms. The summed E-state index contributed by atoms with van der Waals surface area (Å²) in [6, 6.07) is 5.33. The van der Waals surface area contributed by atoms with E-state index in [2.05, 4.69) is 50.8 Å². The van der Waals surface area contributed by atoms with Crippen molar-refractivity contribution in [3.8, 4) is 0 Å². The molecule has 0 saturated carbocycles. The summed E-state index contributed by atoms with van der Waals surface area (Å²) in [4.78, 5) is 12.3. The Bertz CT molecular complexity index is 400. The standard InChI is InChI=1S/C12H14BrClINO/c1-2-9(13)5-6-16-12(17)8-3-4-11(15)10(14)7-8/h3-4,7,9H,2,5-6H2,1H3,(H,16,17). The van der Waals surface area contributed by atoms with Crippen LogP contribution in [-0.2, 0) is 0 Å². The van der Waals surface area contributed by atoms with Gasteiger partial charge in [0.15, 0.2) is 0 Å². The lowest BCUT2D eigenvalue weighted by molar-refractivity contribution is 0.0953. The summed E-state index contributed by atoms with van der Waals surface area (Å²) < 4.78 is 0.951. The molecular formula is C12H14BrClINO. The first-order chi connectivity index (χ1) is 8.04. The van der Waals surface area contributed by atoms with Crippen LogP contribution >= 0.6 is 50.1 Å². The fraction of sp³-hybridized carbons (Fsp3) is 0.417. The van der Waals surface area contributed by atoms with E-state index in [1.165, 1.54) is 0 Å². The van der Waals surface area contributed by atoms with E-state index < -0.39 is 0 Å². The Hall–Kier alpha value is 0.190. The molecule has 0 radical (unpaired) electrons. The SMILES string of the molecule is CCC(Br)CCNC(=O)c1ccc(I)c(Cl)c1. The lowest BCUT2D eigenvalue weighted by Crippen LogP contribution is -2.26. The van der Waals surface area contributed by atoms with Gasteiger partial charge in [0.25, 0.3) is 5.91 Å². The predicted octanol–water partition coefficient (Wildman–Crippen LogP) is 4.24. The number of carbonyl (C=O) groups is 1. The quantitative estimate of drug-likeness (QED) is 0.550. The smallest absolute Gasteiger partial charge is 0.251 e. The van der Waals surface area contributed by atoms with Crippen molar-refractivity contribution in [2.24, 2.45) is 0 Å². The second kappa shape index (κ2) is 7.59. The Morgan fingerprint density at radius 2 is 2.29 bits per heavy atom. The Morgan fingerprint density at radius 3 is 2.88 bits per heavy atom. The molecule has 1 atom stereocenters. The van der Waals surface area contributed by atoms with Gasteiger partial charge < -0.3 is 5.32 Å². The highest BCUT2D eigenvalue weighted by atomic mass is 127. The molecule has 0 aliphatic carbocycles.